The molecule has 3 rings (SSSR count). The molecule has 2 aliphatic heterocycles. The number of methoxy groups -OCH3 is 1. The van der Waals surface area contributed by atoms with Gasteiger partial charge in [-0.3, -0.25) is 0 Å². The Morgan fingerprint density at radius 3 is 2.95 bits per heavy atom. The van der Waals surface area contributed by atoms with Crippen molar-refractivity contribution in [3.63, 3.8) is 0 Å². The monoisotopic (exact) mass is 289 g/mol. The van der Waals surface area contributed by atoms with Crippen LogP contribution in [0.1, 0.15) is 12.0 Å². The first kappa shape index (κ1) is 14.0. The molecular formula is C15H19N3O3. The lowest BCUT2D eigenvalue weighted by Crippen LogP contribution is -2.65. The van der Waals surface area contributed by atoms with E-state index in [-0.39, 0.29) is 12.1 Å². The summed E-state index contributed by atoms with van der Waals surface area (Å²) in [6.07, 6.45) is 0.296. The molecule has 2 heterocycles. The Balaban J connectivity index is 1.95. The van der Waals surface area contributed by atoms with Crippen LogP contribution in [-0.2, 0) is 16.0 Å². The molecule has 2 N–H and O–H groups in total. The first-order valence-electron chi connectivity index (χ1n) is 6.99. The highest BCUT2D eigenvalue weighted by atomic mass is 16.5. The highest BCUT2D eigenvalue weighted by Gasteiger charge is 2.55. The van der Waals surface area contributed by atoms with Crippen molar-refractivity contribution in [2.24, 2.45) is 10.7 Å². The van der Waals surface area contributed by atoms with Crippen LogP contribution in [0.4, 0.5) is 4.79 Å². The number of carbonyl (C=O) groups is 1. The fraction of sp³-hybridized carbons (Fsp3) is 0.467. The Kier molecular flexibility index (Phi) is 3.65. The van der Waals surface area contributed by atoms with Crippen molar-refractivity contribution < 1.29 is 14.3 Å². The molecule has 112 valence electrons. The number of nitrogens with zero attached hydrogens (tertiary/aromatic N) is 2. The van der Waals surface area contributed by atoms with Crippen LogP contribution in [0.5, 0.6) is 0 Å². The minimum atomic E-state index is -0.695. The predicted octanol–water partition coefficient (Wildman–Crippen LogP) is 1.15. The van der Waals surface area contributed by atoms with E-state index in [9.17, 15) is 4.79 Å². The molecule has 21 heavy (non-hydrogen) atoms. The number of benzene rings is 1. The number of amidine groups is 1. The second-order valence-corrected chi connectivity index (χ2v) is 5.32. The SMILES string of the molecule is COC1COCCC12C(N)=NC(=O)N2Cc1ccccc1. The summed E-state index contributed by atoms with van der Waals surface area (Å²) < 4.78 is 11.0. The average molecular weight is 289 g/mol. The van der Waals surface area contributed by atoms with E-state index in [1.165, 1.54) is 0 Å². The maximum absolute atomic E-state index is 12.3. The van der Waals surface area contributed by atoms with Crippen LogP contribution in [0.25, 0.3) is 0 Å². The normalized spacial score (nSPS) is 29.0. The lowest BCUT2D eigenvalue weighted by molar-refractivity contribution is -0.0939. The molecule has 1 spiro atoms. The number of ether oxygens (including phenoxy) is 2. The van der Waals surface area contributed by atoms with Gasteiger partial charge in [0.25, 0.3) is 0 Å². The Bertz CT molecular complexity index is 561. The van der Waals surface area contributed by atoms with Gasteiger partial charge < -0.3 is 20.1 Å². The van der Waals surface area contributed by atoms with Crippen molar-refractivity contribution >= 4 is 11.9 Å². The van der Waals surface area contributed by atoms with E-state index < -0.39 is 5.54 Å². The summed E-state index contributed by atoms with van der Waals surface area (Å²) in [5, 5.41) is 0. The third-order valence-corrected chi connectivity index (χ3v) is 4.27. The molecule has 0 bridgehead atoms. The zero-order valence-electron chi connectivity index (χ0n) is 12.0. The largest absolute Gasteiger partial charge is 0.385 e. The van der Waals surface area contributed by atoms with E-state index in [0.29, 0.717) is 32.0 Å². The van der Waals surface area contributed by atoms with E-state index in [1.807, 2.05) is 30.3 Å². The van der Waals surface area contributed by atoms with Gasteiger partial charge in [-0.25, -0.2) is 4.79 Å². The molecule has 2 atom stereocenters. The molecule has 2 unspecified atom stereocenters. The number of nitrogens with two attached hydrogens (primary N) is 1. The quantitative estimate of drug-likeness (QED) is 0.905. The summed E-state index contributed by atoms with van der Waals surface area (Å²) in [6.45, 7) is 1.41. The van der Waals surface area contributed by atoms with E-state index in [1.54, 1.807) is 12.0 Å². The summed E-state index contributed by atoms with van der Waals surface area (Å²) in [6, 6.07) is 9.50. The molecule has 6 heteroatoms. The molecular weight excluding hydrogens is 270 g/mol. The van der Waals surface area contributed by atoms with Gasteiger partial charge in [0.15, 0.2) is 0 Å². The van der Waals surface area contributed by atoms with Crippen molar-refractivity contribution in [3.05, 3.63) is 35.9 Å². The maximum Gasteiger partial charge on any atom is 0.346 e. The van der Waals surface area contributed by atoms with Gasteiger partial charge in [-0.1, -0.05) is 30.3 Å². The van der Waals surface area contributed by atoms with Crippen LogP contribution in [0.3, 0.4) is 0 Å². The lowest BCUT2D eigenvalue weighted by Gasteiger charge is -2.45. The zero-order chi connectivity index (χ0) is 14.9. The molecule has 0 saturated carbocycles. The van der Waals surface area contributed by atoms with Gasteiger partial charge in [0.1, 0.15) is 17.5 Å². The van der Waals surface area contributed by atoms with Crippen LogP contribution in [-0.4, -0.2) is 48.7 Å². The van der Waals surface area contributed by atoms with Gasteiger partial charge in [-0.05, 0) is 5.56 Å². The average Bonchev–Trinajstić information content (AvgIpc) is 2.74. The highest BCUT2D eigenvalue weighted by molar-refractivity contribution is 6.06. The summed E-state index contributed by atoms with van der Waals surface area (Å²) in [5.74, 6) is 0.332. The minimum absolute atomic E-state index is 0.301. The maximum atomic E-state index is 12.3. The third-order valence-electron chi connectivity index (χ3n) is 4.27. The molecule has 1 fully saturated rings. The molecule has 0 radical (unpaired) electrons. The van der Waals surface area contributed by atoms with Crippen LogP contribution < -0.4 is 5.73 Å². The summed E-state index contributed by atoms with van der Waals surface area (Å²) in [5.41, 5.74) is 6.44. The van der Waals surface area contributed by atoms with Gasteiger partial charge in [0.2, 0.25) is 0 Å². The third kappa shape index (κ3) is 2.20. The van der Waals surface area contributed by atoms with Crippen LogP contribution in [0.2, 0.25) is 0 Å². The van der Waals surface area contributed by atoms with Crippen molar-refractivity contribution in [1.29, 1.82) is 0 Å². The molecule has 0 aliphatic carbocycles. The number of hydrogen-bond acceptors (Lipinski definition) is 4. The molecule has 2 aliphatic rings. The van der Waals surface area contributed by atoms with Gasteiger partial charge in [0, 0.05) is 26.7 Å². The zero-order valence-corrected chi connectivity index (χ0v) is 12.0. The number of amides is 2. The van der Waals surface area contributed by atoms with Crippen LogP contribution in [0, 0.1) is 0 Å². The fourth-order valence-corrected chi connectivity index (χ4v) is 3.13. The van der Waals surface area contributed by atoms with E-state index >= 15 is 0 Å². The van der Waals surface area contributed by atoms with E-state index in [0.717, 1.165) is 5.56 Å². The first-order valence-corrected chi connectivity index (χ1v) is 6.99. The molecule has 0 aromatic heterocycles. The van der Waals surface area contributed by atoms with Gasteiger partial charge in [-0.15, -0.1) is 0 Å². The van der Waals surface area contributed by atoms with Crippen molar-refractivity contribution in [2.75, 3.05) is 20.3 Å². The molecule has 2 amide bonds. The highest BCUT2D eigenvalue weighted by Crippen LogP contribution is 2.36. The van der Waals surface area contributed by atoms with Gasteiger partial charge in [-0.2, -0.15) is 4.99 Å². The Hall–Kier alpha value is -1.92. The summed E-state index contributed by atoms with van der Waals surface area (Å²) in [7, 11) is 1.61. The van der Waals surface area contributed by atoms with Crippen molar-refractivity contribution in [3.8, 4) is 0 Å². The second kappa shape index (κ2) is 5.46. The van der Waals surface area contributed by atoms with Crippen LogP contribution >= 0.6 is 0 Å². The molecule has 1 aromatic carbocycles. The number of urea groups is 1. The Morgan fingerprint density at radius 2 is 2.24 bits per heavy atom. The predicted molar refractivity (Wildman–Crippen MR) is 78.0 cm³/mol. The summed E-state index contributed by atoms with van der Waals surface area (Å²) >= 11 is 0. The van der Waals surface area contributed by atoms with Gasteiger partial charge >= 0.3 is 6.03 Å². The first-order chi connectivity index (χ1) is 10.2. The molecule has 1 aromatic rings. The van der Waals surface area contributed by atoms with E-state index in [2.05, 4.69) is 4.99 Å². The minimum Gasteiger partial charge on any atom is -0.385 e. The number of aliphatic imine (C=N–C) groups is 1. The number of hydrogen-bond donors (Lipinski definition) is 1. The smallest absolute Gasteiger partial charge is 0.346 e. The van der Waals surface area contributed by atoms with E-state index in [4.69, 9.17) is 15.2 Å². The number of carbonyl (C=O) groups excluding carboxylic acids is 1. The standard InChI is InChI=1S/C15H19N3O3/c1-20-12-10-21-8-7-15(12)13(16)17-14(19)18(15)9-11-5-3-2-4-6-11/h2-6,12H,7-10H2,1H3,(H2,16,17,19). The Morgan fingerprint density at radius 1 is 1.48 bits per heavy atom. The van der Waals surface area contributed by atoms with Crippen molar-refractivity contribution in [1.82, 2.24) is 4.90 Å². The molecule has 6 nitrogen and oxygen atoms in total. The topological polar surface area (TPSA) is 77.1 Å². The second-order valence-electron chi connectivity index (χ2n) is 5.32. The summed E-state index contributed by atoms with van der Waals surface area (Å²) in [4.78, 5) is 18.0. The molecule has 1 saturated heterocycles. The van der Waals surface area contributed by atoms with Crippen LogP contribution in [0.15, 0.2) is 35.3 Å². The lowest BCUT2D eigenvalue weighted by atomic mass is 9.84. The van der Waals surface area contributed by atoms with Crippen molar-refractivity contribution in [2.45, 2.75) is 24.6 Å². The van der Waals surface area contributed by atoms with Gasteiger partial charge in [0.05, 0.1) is 6.61 Å². The number of rotatable bonds is 3. The fourth-order valence-electron chi connectivity index (χ4n) is 3.13. The Labute approximate surface area is 123 Å².